The minimum Gasteiger partial charge on any atom is -0.496 e. The van der Waals surface area contributed by atoms with Crippen LogP contribution in [0, 0.1) is 24.8 Å². The maximum Gasteiger partial charge on any atom is 0.203 e. The monoisotopic (exact) mass is 740 g/mol. The molecule has 0 aliphatic carbocycles. The average Bonchev–Trinajstić information content (AvgIpc) is 3.91. The summed E-state index contributed by atoms with van der Waals surface area (Å²) in [5.74, 6) is 2.99. The van der Waals surface area contributed by atoms with Gasteiger partial charge >= 0.3 is 0 Å². The van der Waals surface area contributed by atoms with Gasteiger partial charge in [-0.2, -0.15) is 5.26 Å². The molecule has 11 heteroatoms. The topological polar surface area (TPSA) is 100 Å². The Bertz CT molecular complexity index is 2270. The number of rotatable bonds is 11. The maximum atomic E-state index is 9.28. The van der Waals surface area contributed by atoms with Gasteiger partial charge in [-0.25, -0.2) is 14.8 Å². The van der Waals surface area contributed by atoms with Crippen LogP contribution in [0.15, 0.2) is 108 Å². The average molecular weight is 741 g/mol. The Morgan fingerprint density at radius 2 is 1.09 bits per heavy atom. The molecule has 0 saturated carbocycles. The van der Waals surface area contributed by atoms with E-state index in [1.54, 1.807) is 46.9 Å². The van der Waals surface area contributed by atoms with Gasteiger partial charge in [-0.15, -0.1) is 22.7 Å². The smallest absolute Gasteiger partial charge is 0.203 e. The number of allylic oxidation sites excluding steroid dienone is 1. The highest BCUT2D eigenvalue weighted by molar-refractivity contribution is 7.13. The van der Waals surface area contributed by atoms with Crippen LogP contribution in [0.2, 0.25) is 0 Å². The largest absolute Gasteiger partial charge is 0.496 e. The molecule has 0 saturated heterocycles. The van der Waals surface area contributed by atoms with E-state index in [9.17, 15) is 5.26 Å². The second-order valence-electron chi connectivity index (χ2n) is 11.1. The van der Waals surface area contributed by atoms with E-state index in [-0.39, 0.29) is 0 Å². The van der Waals surface area contributed by atoms with Crippen molar-refractivity contribution in [2.24, 2.45) is 0 Å². The Morgan fingerprint density at radius 1 is 0.660 bits per heavy atom. The van der Waals surface area contributed by atoms with Crippen molar-refractivity contribution >= 4 is 33.8 Å². The molecule has 0 aliphatic heterocycles. The molecule has 2 heterocycles. The van der Waals surface area contributed by atoms with E-state index in [0.29, 0.717) is 34.3 Å². The Hall–Kier alpha value is -6.40. The highest BCUT2D eigenvalue weighted by Gasteiger charge is 2.18. The van der Waals surface area contributed by atoms with Gasteiger partial charge in [0.15, 0.2) is 17.7 Å². The molecule has 0 atom stereocenters. The second-order valence-corrected chi connectivity index (χ2v) is 12.8. The molecule has 0 fully saturated rings. The van der Waals surface area contributed by atoms with Gasteiger partial charge in [0.1, 0.15) is 21.5 Å². The fraction of sp³-hybridized carbons (Fsp3) is 0.143. The number of nitrogens with zero attached hydrogens (tertiary/aromatic N) is 4. The summed E-state index contributed by atoms with van der Waals surface area (Å²) in [5, 5.41) is 15.0. The van der Waals surface area contributed by atoms with Crippen LogP contribution < -0.4 is 23.7 Å². The van der Waals surface area contributed by atoms with E-state index in [1.165, 1.54) is 23.6 Å². The van der Waals surface area contributed by atoms with Crippen molar-refractivity contribution in [3.8, 4) is 56.0 Å². The fourth-order valence-electron chi connectivity index (χ4n) is 5.42. The first-order valence-corrected chi connectivity index (χ1v) is 17.9. The minimum atomic E-state index is 0.508. The lowest BCUT2D eigenvalue weighted by molar-refractivity contribution is 0.324. The quantitative estimate of drug-likeness (QED) is 0.0956. The normalized spacial score (nSPS) is 11.0. The first kappa shape index (κ1) is 37.8. The molecule has 53 heavy (non-hydrogen) atoms. The van der Waals surface area contributed by atoms with Crippen LogP contribution >= 0.6 is 22.7 Å². The zero-order valence-electron chi connectivity index (χ0n) is 30.0. The lowest BCUT2D eigenvalue weighted by Crippen LogP contribution is -1.98. The van der Waals surface area contributed by atoms with Crippen molar-refractivity contribution in [2.75, 3.05) is 35.5 Å². The standard InChI is InChI=1S/C21H18N2O3S.C21H18N2O2S/c1-22-12-16(15-10-18(24-2)20(26-4)19(11-15)25-3)17-13-27-21(23-17)14-8-6-5-7-9-14;1-14-19(24-2)11-16(12-20(14)25-3)17(9-10-22)18-13-26-21(23-18)15-7-5-4-6-8-15/h5-13H,2-4H3;4-9,11-13H,1-3H3/b16-12-;17-9+. The number of benzene rings is 4. The van der Waals surface area contributed by atoms with Gasteiger partial charge in [0.25, 0.3) is 0 Å². The molecule has 0 bridgehead atoms. The predicted octanol–water partition coefficient (Wildman–Crippen LogP) is 10.2. The molecule has 0 aliphatic rings. The SMILES string of the molecule is COc1cc(/C(=C\C#N)c2csc(-c3ccccc3)n2)cc(OC)c1C.[C-]#[N+]/C=C(/c1cc(OC)c(OC)c(OC)c1)c1csc(-c2ccccc2)n1. The summed E-state index contributed by atoms with van der Waals surface area (Å²) >= 11 is 3.09. The van der Waals surface area contributed by atoms with Crippen LogP contribution in [0.5, 0.6) is 28.7 Å². The van der Waals surface area contributed by atoms with Gasteiger partial charge in [-0.05, 0) is 42.3 Å². The van der Waals surface area contributed by atoms with Crippen LogP contribution in [0.25, 0.3) is 37.1 Å². The summed E-state index contributed by atoms with van der Waals surface area (Å²) < 4.78 is 27.2. The number of aromatic nitrogens is 2. The summed E-state index contributed by atoms with van der Waals surface area (Å²) in [6.45, 7) is 9.25. The van der Waals surface area contributed by atoms with Crippen molar-refractivity contribution < 1.29 is 23.7 Å². The van der Waals surface area contributed by atoms with Crippen LogP contribution in [-0.4, -0.2) is 45.5 Å². The number of nitriles is 1. The Balaban J connectivity index is 0.000000204. The molecule has 0 spiro atoms. The minimum absolute atomic E-state index is 0.508. The molecular weight excluding hydrogens is 705 g/mol. The summed E-state index contributed by atoms with van der Waals surface area (Å²) in [4.78, 5) is 12.9. The maximum absolute atomic E-state index is 9.28. The van der Waals surface area contributed by atoms with Crippen LogP contribution in [-0.2, 0) is 0 Å². The molecule has 0 N–H and O–H groups in total. The number of methoxy groups -OCH3 is 5. The number of thiazole rings is 2. The summed E-state index contributed by atoms with van der Waals surface area (Å²) in [6.07, 6.45) is 2.97. The van der Waals surface area contributed by atoms with Gasteiger partial charge in [0.05, 0.1) is 59.6 Å². The van der Waals surface area contributed by atoms with Crippen molar-refractivity contribution in [1.82, 2.24) is 9.97 Å². The Labute approximate surface area is 317 Å². The molecule has 9 nitrogen and oxygen atoms in total. The second kappa shape index (κ2) is 18.2. The molecule has 4 aromatic carbocycles. The van der Waals surface area contributed by atoms with E-state index in [0.717, 1.165) is 54.8 Å². The summed E-state index contributed by atoms with van der Waals surface area (Å²) in [7, 11) is 7.93. The van der Waals surface area contributed by atoms with E-state index in [2.05, 4.69) is 10.9 Å². The third-order valence-corrected chi connectivity index (χ3v) is 9.83. The van der Waals surface area contributed by atoms with Crippen molar-refractivity contribution in [1.29, 1.82) is 5.26 Å². The highest BCUT2D eigenvalue weighted by Crippen LogP contribution is 2.42. The van der Waals surface area contributed by atoms with E-state index in [1.807, 2.05) is 103 Å². The fourth-order valence-corrected chi connectivity index (χ4v) is 7.07. The predicted molar refractivity (Wildman–Crippen MR) is 212 cm³/mol. The van der Waals surface area contributed by atoms with Gasteiger partial charge in [0, 0.05) is 44.7 Å². The Kier molecular flexibility index (Phi) is 13.0. The third kappa shape index (κ3) is 8.74. The van der Waals surface area contributed by atoms with E-state index < -0.39 is 0 Å². The first-order chi connectivity index (χ1) is 25.9. The molecule has 2 aromatic heterocycles. The molecule has 266 valence electrons. The lowest BCUT2D eigenvalue weighted by Gasteiger charge is -2.15. The number of hydrogen-bond donors (Lipinski definition) is 0. The van der Waals surface area contributed by atoms with Gasteiger partial charge in [-0.1, -0.05) is 60.7 Å². The van der Waals surface area contributed by atoms with E-state index >= 15 is 0 Å². The molecule has 6 aromatic rings. The Morgan fingerprint density at radius 3 is 1.51 bits per heavy atom. The van der Waals surface area contributed by atoms with Crippen LogP contribution in [0.1, 0.15) is 28.1 Å². The first-order valence-electron chi connectivity index (χ1n) is 16.1. The van der Waals surface area contributed by atoms with E-state index in [4.69, 9.17) is 40.2 Å². The van der Waals surface area contributed by atoms with Crippen LogP contribution in [0.3, 0.4) is 0 Å². The van der Waals surface area contributed by atoms with Crippen molar-refractivity contribution in [3.63, 3.8) is 0 Å². The van der Waals surface area contributed by atoms with Gasteiger partial charge in [0.2, 0.25) is 5.75 Å². The van der Waals surface area contributed by atoms with Gasteiger partial charge < -0.3 is 23.7 Å². The molecule has 0 amide bonds. The lowest BCUT2D eigenvalue weighted by atomic mass is 10.00. The molecular formula is C42H36N4O5S2. The summed E-state index contributed by atoms with van der Waals surface area (Å²) in [5.41, 5.74) is 7.53. The van der Waals surface area contributed by atoms with Crippen LogP contribution in [0.4, 0.5) is 0 Å². The zero-order chi connectivity index (χ0) is 37.7. The van der Waals surface area contributed by atoms with Crippen molar-refractivity contribution in [3.05, 3.63) is 147 Å². The summed E-state index contributed by atoms with van der Waals surface area (Å²) in [6, 6.07) is 29.5. The number of ether oxygens (including phenoxy) is 5. The molecule has 0 unspecified atom stereocenters. The zero-order valence-corrected chi connectivity index (χ0v) is 31.7. The molecule has 0 radical (unpaired) electrons. The highest BCUT2D eigenvalue weighted by atomic mass is 32.1. The third-order valence-electron chi connectivity index (χ3n) is 8.04. The van der Waals surface area contributed by atoms with Crippen molar-refractivity contribution in [2.45, 2.75) is 6.92 Å². The van der Waals surface area contributed by atoms with Gasteiger partial charge in [-0.3, -0.25) is 0 Å². The number of hydrogen-bond acceptors (Lipinski definition) is 10. The molecule has 6 rings (SSSR count).